The number of rotatable bonds is 9. The first-order valence-electron chi connectivity index (χ1n) is 11.7. The molecule has 0 spiro atoms. The largest absolute Gasteiger partial charge is 0.502 e. The third-order valence-electron chi connectivity index (χ3n) is 6.23. The molecule has 0 aliphatic rings. The van der Waals surface area contributed by atoms with Gasteiger partial charge in [0.15, 0.2) is 0 Å². The highest BCUT2D eigenvalue weighted by Crippen LogP contribution is 2.50. The van der Waals surface area contributed by atoms with Crippen LogP contribution in [0.15, 0.2) is 60.7 Å². The van der Waals surface area contributed by atoms with Crippen molar-refractivity contribution in [3.63, 3.8) is 0 Å². The molecule has 0 fully saturated rings. The smallest absolute Gasteiger partial charge is 0.394 e. The quantitative estimate of drug-likeness (QED) is 0.330. The van der Waals surface area contributed by atoms with Gasteiger partial charge in [-0.3, -0.25) is 0 Å². The Hall–Kier alpha value is -2.60. The highest BCUT2D eigenvalue weighted by molar-refractivity contribution is 6.80. The second-order valence-electron chi connectivity index (χ2n) is 10.2. The Bertz CT molecular complexity index is 883. The monoisotopic (exact) mass is 469 g/mol. The van der Waals surface area contributed by atoms with Gasteiger partial charge >= 0.3 is 12.1 Å². The van der Waals surface area contributed by atoms with Gasteiger partial charge in [-0.2, -0.15) is 0 Å². The van der Waals surface area contributed by atoms with Crippen molar-refractivity contribution in [2.75, 3.05) is 0 Å². The van der Waals surface area contributed by atoms with E-state index in [0.29, 0.717) is 6.42 Å². The number of esters is 1. The summed E-state index contributed by atoms with van der Waals surface area (Å²) in [5, 5.41) is 2.68. The zero-order valence-electron chi connectivity index (χ0n) is 21.1. The van der Waals surface area contributed by atoms with Gasteiger partial charge < -0.3 is 14.5 Å². The average molecular weight is 470 g/mol. The van der Waals surface area contributed by atoms with Gasteiger partial charge in [0.05, 0.1) is 0 Å². The summed E-state index contributed by atoms with van der Waals surface area (Å²) >= 11 is 0. The number of nitrogens with one attached hydrogen (secondary N) is 1. The van der Waals surface area contributed by atoms with Crippen LogP contribution in [-0.4, -0.2) is 26.4 Å². The van der Waals surface area contributed by atoms with E-state index >= 15 is 0 Å². The molecule has 0 saturated heterocycles. The lowest BCUT2D eigenvalue weighted by atomic mass is 10.1. The Morgan fingerprint density at radius 3 is 1.79 bits per heavy atom. The molecule has 0 radical (unpaired) electrons. The van der Waals surface area contributed by atoms with E-state index in [-0.39, 0.29) is 22.7 Å². The number of carbonyl (C=O) groups excluding carboxylic acids is 2. The summed E-state index contributed by atoms with van der Waals surface area (Å²) in [6, 6.07) is 18.3. The molecule has 0 heterocycles. The number of amides is 1. The summed E-state index contributed by atoms with van der Waals surface area (Å²) in [5.74, 6) is -0.475. The number of hydrogen-bond donors (Lipinski definition) is 1. The summed E-state index contributed by atoms with van der Waals surface area (Å²) in [5.41, 5.74) is 2.28. The molecular weight excluding hydrogens is 430 g/mol. The van der Waals surface area contributed by atoms with Crippen molar-refractivity contribution in [3.05, 3.63) is 71.8 Å². The van der Waals surface area contributed by atoms with Crippen LogP contribution in [0.25, 0.3) is 0 Å². The van der Waals surface area contributed by atoms with Crippen LogP contribution in [0.1, 0.15) is 59.6 Å². The summed E-state index contributed by atoms with van der Waals surface area (Å²) in [4.78, 5) is 26.2. The molecule has 2 aromatic carbocycles. The zero-order chi connectivity index (χ0) is 24.6. The Morgan fingerprint density at radius 2 is 1.33 bits per heavy atom. The third kappa shape index (κ3) is 6.94. The van der Waals surface area contributed by atoms with Crippen molar-refractivity contribution >= 4 is 20.4 Å². The van der Waals surface area contributed by atoms with Crippen LogP contribution >= 0.6 is 0 Å². The predicted molar refractivity (Wildman–Crippen MR) is 135 cm³/mol. The molecule has 1 N–H and O–H groups in total. The van der Waals surface area contributed by atoms with Gasteiger partial charge in [-0.05, 0) is 27.2 Å². The van der Waals surface area contributed by atoms with Crippen molar-refractivity contribution < 1.29 is 18.8 Å². The van der Waals surface area contributed by atoms with Crippen molar-refractivity contribution in [2.24, 2.45) is 0 Å². The van der Waals surface area contributed by atoms with Crippen LogP contribution in [0.2, 0.25) is 16.1 Å². The second kappa shape index (κ2) is 11.5. The fourth-order valence-corrected chi connectivity index (χ4v) is 10.9. The average Bonchev–Trinajstić information content (AvgIpc) is 2.75. The van der Waals surface area contributed by atoms with Gasteiger partial charge in [-0.15, -0.1) is 0 Å². The van der Waals surface area contributed by atoms with Crippen molar-refractivity contribution in [3.8, 4) is 0 Å². The van der Waals surface area contributed by atoms with Gasteiger partial charge in [0.2, 0.25) is 0 Å². The molecule has 1 amide bonds. The van der Waals surface area contributed by atoms with Gasteiger partial charge in [0, 0.05) is 6.42 Å². The van der Waals surface area contributed by atoms with Gasteiger partial charge in [0.1, 0.15) is 12.6 Å². The first-order chi connectivity index (χ1) is 15.5. The lowest BCUT2D eigenvalue weighted by molar-refractivity contribution is -0.147. The van der Waals surface area contributed by atoms with E-state index in [4.69, 9.17) is 9.16 Å². The molecular formula is C27H39NO4Si. The first-order valence-corrected chi connectivity index (χ1v) is 13.8. The van der Waals surface area contributed by atoms with E-state index in [2.05, 4.69) is 53.8 Å². The minimum Gasteiger partial charge on any atom is -0.502 e. The molecule has 1 atom stereocenters. The highest BCUT2D eigenvalue weighted by Gasteiger charge is 2.54. The Balaban J connectivity index is 2.21. The van der Waals surface area contributed by atoms with Crippen molar-refractivity contribution in [1.82, 2.24) is 5.32 Å². The topological polar surface area (TPSA) is 64.6 Å². The summed E-state index contributed by atoms with van der Waals surface area (Å²) in [7, 11) is -2.54. The first kappa shape index (κ1) is 26.6. The van der Waals surface area contributed by atoms with E-state index in [1.54, 1.807) is 0 Å². The van der Waals surface area contributed by atoms with E-state index in [9.17, 15) is 9.59 Å². The summed E-state index contributed by atoms with van der Waals surface area (Å²) in [6.45, 7) is 15.1. The lowest BCUT2D eigenvalue weighted by Gasteiger charge is -2.47. The number of ether oxygens (including phenoxy) is 1. The van der Waals surface area contributed by atoms with Crippen LogP contribution < -0.4 is 5.32 Å². The maximum atomic E-state index is 13.2. The molecule has 2 aromatic rings. The number of benzene rings is 2. The van der Waals surface area contributed by atoms with E-state index in [0.717, 1.165) is 11.1 Å². The van der Waals surface area contributed by atoms with E-state index in [1.807, 2.05) is 60.7 Å². The van der Waals surface area contributed by atoms with Gasteiger partial charge in [-0.25, -0.2) is 9.59 Å². The molecule has 0 aliphatic heterocycles. The maximum Gasteiger partial charge on any atom is 0.394 e. The van der Waals surface area contributed by atoms with Crippen LogP contribution in [0.3, 0.4) is 0 Å². The third-order valence-corrected chi connectivity index (χ3v) is 12.5. The molecule has 0 saturated carbocycles. The summed E-state index contributed by atoms with van der Waals surface area (Å²) < 4.78 is 11.8. The SMILES string of the molecule is CC(C)[Si](OC(=O)N[C@@H](Cc1ccccc1)C(=O)OCc1ccccc1)(C(C)C)C(C)(C)C. The van der Waals surface area contributed by atoms with Crippen LogP contribution in [0.4, 0.5) is 4.79 Å². The molecule has 0 bridgehead atoms. The highest BCUT2D eigenvalue weighted by atomic mass is 28.4. The van der Waals surface area contributed by atoms with Gasteiger partial charge in [0.25, 0.3) is 8.32 Å². The molecule has 0 aromatic heterocycles. The molecule has 0 aliphatic carbocycles. The Labute approximate surface area is 200 Å². The predicted octanol–water partition coefficient (Wildman–Crippen LogP) is 6.63. The normalized spacial score (nSPS) is 13.0. The second-order valence-corrected chi connectivity index (χ2v) is 15.8. The molecule has 6 heteroatoms. The molecule has 180 valence electrons. The minimum absolute atomic E-state index is 0.153. The molecule has 2 rings (SSSR count). The number of hydrogen-bond acceptors (Lipinski definition) is 4. The van der Waals surface area contributed by atoms with Crippen LogP contribution in [-0.2, 0) is 27.0 Å². The molecule has 5 nitrogen and oxygen atoms in total. The minimum atomic E-state index is -2.54. The van der Waals surface area contributed by atoms with Crippen molar-refractivity contribution in [2.45, 2.75) is 83.7 Å². The van der Waals surface area contributed by atoms with Crippen LogP contribution in [0, 0.1) is 0 Å². The molecule has 33 heavy (non-hydrogen) atoms. The lowest BCUT2D eigenvalue weighted by Crippen LogP contribution is -2.56. The Kier molecular flexibility index (Phi) is 9.29. The van der Waals surface area contributed by atoms with Gasteiger partial charge in [-0.1, -0.05) is 109 Å². The molecule has 0 unspecified atom stereocenters. The van der Waals surface area contributed by atoms with Crippen molar-refractivity contribution in [1.29, 1.82) is 0 Å². The zero-order valence-corrected chi connectivity index (χ0v) is 22.1. The fraction of sp³-hybridized carbons (Fsp3) is 0.481. The van der Waals surface area contributed by atoms with E-state index < -0.39 is 26.4 Å². The maximum absolute atomic E-state index is 13.2. The fourth-order valence-electron chi connectivity index (χ4n) is 4.98. The Morgan fingerprint density at radius 1 is 0.848 bits per heavy atom. The van der Waals surface area contributed by atoms with Crippen LogP contribution in [0.5, 0.6) is 0 Å². The number of carbonyl (C=O) groups is 2. The standard InChI is InChI=1S/C27H39NO4Si/c1-20(2)33(21(3)4,27(5,6)7)32-26(30)28-24(18-22-14-10-8-11-15-22)25(29)31-19-23-16-12-9-13-17-23/h8-17,20-21,24H,18-19H2,1-7H3,(H,28,30)/t24-/m0/s1. The van der Waals surface area contributed by atoms with E-state index in [1.165, 1.54) is 0 Å². The summed E-state index contributed by atoms with van der Waals surface area (Å²) in [6.07, 6.45) is -0.214.